The third-order valence-electron chi connectivity index (χ3n) is 1.70. The SMILES string of the molecule is [B]c1cnc(C(=O)N(C)C)c(OC)c1. The van der Waals surface area contributed by atoms with Crippen molar-refractivity contribution in [2.45, 2.75) is 0 Å². The van der Waals surface area contributed by atoms with Gasteiger partial charge in [-0.3, -0.25) is 4.79 Å². The zero-order chi connectivity index (χ0) is 10.7. The molecule has 0 fully saturated rings. The van der Waals surface area contributed by atoms with Crippen molar-refractivity contribution in [1.29, 1.82) is 0 Å². The summed E-state index contributed by atoms with van der Waals surface area (Å²) in [5.74, 6) is 0.186. The van der Waals surface area contributed by atoms with Crippen LogP contribution < -0.4 is 10.2 Å². The fourth-order valence-electron chi connectivity index (χ4n) is 0.988. The van der Waals surface area contributed by atoms with Gasteiger partial charge >= 0.3 is 0 Å². The highest BCUT2D eigenvalue weighted by molar-refractivity contribution is 6.32. The molecule has 1 amide bonds. The highest BCUT2D eigenvalue weighted by atomic mass is 16.5. The van der Waals surface area contributed by atoms with Crippen LogP contribution in [0.3, 0.4) is 0 Å². The Hall–Kier alpha value is -1.52. The predicted octanol–water partition coefficient (Wildman–Crippen LogP) is -0.414. The van der Waals surface area contributed by atoms with E-state index in [1.54, 1.807) is 20.2 Å². The van der Waals surface area contributed by atoms with E-state index < -0.39 is 0 Å². The normalized spacial score (nSPS) is 9.64. The summed E-state index contributed by atoms with van der Waals surface area (Å²) in [6.07, 6.45) is 1.43. The molecule has 0 N–H and O–H groups in total. The summed E-state index contributed by atoms with van der Waals surface area (Å²) in [7, 11) is 10.3. The van der Waals surface area contributed by atoms with Crippen LogP contribution in [0.5, 0.6) is 5.75 Å². The largest absolute Gasteiger partial charge is 0.494 e. The molecule has 1 rings (SSSR count). The fraction of sp³-hybridized carbons (Fsp3) is 0.333. The maximum absolute atomic E-state index is 11.6. The van der Waals surface area contributed by atoms with Crippen LogP contribution in [0.4, 0.5) is 0 Å². The van der Waals surface area contributed by atoms with E-state index in [1.807, 2.05) is 0 Å². The van der Waals surface area contributed by atoms with Crippen molar-refractivity contribution in [3.8, 4) is 5.75 Å². The molecule has 72 valence electrons. The average molecular weight is 190 g/mol. The van der Waals surface area contributed by atoms with Gasteiger partial charge in [-0.1, -0.05) is 5.46 Å². The number of aromatic nitrogens is 1. The third kappa shape index (κ3) is 2.04. The van der Waals surface area contributed by atoms with Gasteiger partial charge in [-0.15, -0.1) is 0 Å². The minimum Gasteiger partial charge on any atom is -0.494 e. The molecule has 0 aliphatic rings. The molecule has 14 heavy (non-hydrogen) atoms. The number of hydrogen-bond donors (Lipinski definition) is 0. The highest BCUT2D eigenvalue weighted by Crippen LogP contribution is 2.14. The van der Waals surface area contributed by atoms with Crippen molar-refractivity contribution < 1.29 is 9.53 Å². The zero-order valence-corrected chi connectivity index (χ0v) is 8.44. The molecule has 0 saturated carbocycles. The lowest BCUT2D eigenvalue weighted by Crippen LogP contribution is -2.24. The molecular weight excluding hydrogens is 179 g/mol. The van der Waals surface area contributed by atoms with Gasteiger partial charge in [0.05, 0.1) is 7.11 Å². The first kappa shape index (κ1) is 10.6. The molecule has 0 bridgehead atoms. The van der Waals surface area contributed by atoms with E-state index in [9.17, 15) is 4.79 Å². The van der Waals surface area contributed by atoms with E-state index in [0.717, 1.165) is 0 Å². The van der Waals surface area contributed by atoms with Crippen molar-refractivity contribution >= 4 is 19.2 Å². The molecule has 5 heteroatoms. The van der Waals surface area contributed by atoms with E-state index in [2.05, 4.69) is 4.98 Å². The van der Waals surface area contributed by atoms with Crippen LogP contribution in [0.15, 0.2) is 12.3 Å². The number of pyridine rings is 1. The molecule has 0 atom stereocenters. The molecule has 0 aliphatic carbocycles. The van der Waals surface area contributed by atoms with Gasteiger partial charge in [0.15, 0.2) is 5.69 Å². The molecule has 0 saturated heterocycles. The highest BCUT2D eigenvalue weighted by Gasteiger charge is 2.15. The van der Waals surface area contributed by atoms with E-state index >= 15 is 0 Å². The Labute approximate surface area is 84.3 Å². The molecule has 1 aromatic rings. The first-order valence-electron chi connectivity index (χ1n) is 4.07. The molecule has 0 aromatic carbocycles. The number of hydrogen-bond acceptors (Lipinski definition) is 3. The Morgan fingerprint density at radius 1 is 1.57 bits per heavy atom. The van der Waals surface area contributed by atoms with E-state index in [4.69, 9.17) is 12.6 Å². The molecule has 0 aliphatic heterocycles. The summed E-state index contributed by atoms with van der Waals surface area (Å²) in [5, 5.41) is 0. The summed E-state index contributed by atoms with van der Waals surface area (Å²) in [6, 6.07) is 1.57. The standard InChI is InChI=1S/C9H11BN2O2/c1-12(2)9(13)8-7(14-3)4-6(10)5-11-8/h4-5H,1-3H3. The third-order valence-corrected chi connectivity index (χ3v) is 1.70. The Balaban J connectivity index is 3.14. The Bertz CT molecular complexity index is 353. The first-order valence-corrected chi connectivity index (χ1v) is 4.07. The van der Waals surface area contributed by atoms with Crippen molar-refractivity contribution in [3.63, 3.8) is 0 Å². The van der Waals surface area contributed by atoms with Crippen molar-refractivity contribution in [3.05, 3.63) is 18.0 Å². The van der Waals surface area contributed by atoms with Crippen molar-refractivity contribution in [1.82, 2.24) is 9.88 Å². The summed E-state index contributed by atoms with van der Waals surface area (Å²) < 4.78 is 5.01. The molecular formula is C9H11BN2O2. The van der Waals surface area contributed by atoms with Crippen LogP contribution in [0, 0.1) is 0 Å². The van der Waals surface area contributed by atoms with Gasteiger partial charge in [0.1, 0.15) is 13.6 Å². The van der Waals surface area contributed by atoms with E-state index in [0.29, 0.717) is 11.2 Å². The Morgan fingerprint density at radius 2 is 2.21 bits per heavy atom. The first-order chi connectivity index (χ1) is 6.56. The monoisotopic (exact) mass is 190 g/mol. The number of nitrogens with zero attached hydrogens (tertiary/aromatic N) is 2. The predicted molar refractivity (Wildman–Crippen MR) is 54.2 cm³/mol. The molecule has 1 aromatic heterocycles. The number of carbonyl (C=O) groups is 1. The van der Waals surface area contributed by atoms with E-state index in [-0.39, 0.29) is 11.6 Å². The van der Waals surface area contributed by atoms with Crippen molar-refractivity contribution in [2.24, 2.45) is 0 Å². The van der Waals surface area contributed by atoms with Crippen LogP contribution >= 0.6 is 0 Å². The quantitative estimate of drug-likeness (QED) is 0.595. The second kappa shape index (κ2) is 4.13. The summed E-state index contributed by atoms with van der Waals surface area (Å²) in [6.45, 7) is 0. The van der Waals surface area contributed by atoms with Gasteiger partial charge in [-0.25, -0.2) is 4.98 Å². The maximum atomic E-state index is 11.6. The lowest BCUT2D eigenvalue weighted by molar-refractivity contribution is 0.0818. The van der Waals surface area contributed by atoms with Crippen LogP contribution in [0.25, 0.3) is 0 Å². The summed E-state index contributed by atoms with van der Waals surface area (Å²) in [4.78, 5) is 16.9. The number of ether oxygens (including phenoxy) is 1. The number of amides is 1. The number of carbonyl (C=O) groups excluding carboxylic acids is 1. The lowest BCUT2D eigenvalue weighted by atomic mass is 9.98. The van der Waals surface area contributed by atoms with Gasteiger partial charge < -0.3 is 9.64 Å². The van der Waals surface area contributed by atoms with Gasteiger partial charge in [-0.05, 0) is 6.07 Å². The van der Waals surface area contributed by atoms with Crippen LogP contribution in [-0.2, 0) is 0 Å². The maximum Gasteiger partial charge on any atom is 0.275 e. The van der Waals surface area contributed by atoms with Gasteiger partial charge in [0.25, 0.3) is 5.91 Å². The van der Waals surface area contributed by atoms with Crippen molar-refractivity contribution in [2.75, 3.05) is 21.2 Å². The number of methoxy groups -OCH3 is 1. The molecule has 1 heterocycles. The Kier molecular flexibility index (Phi) is 3.12. The summed E-state index contributed by atoms with van der Waals surface area (Å²) in [5.41, 5.74) is 0.740. The average Bonchev–Trinajstić information content (AvgIpc) is 2.16. The van der Waals surface area contributed by atoms with Gasteiger partial charge in [0.2, 0.25) is 0 Å². The fourth-order valence-corrected chi connectivity index (χ4v) is 0.988. The molecule has 2 radical (unpaired) electrons. The van der Waals surface area contributed by atoms with Gasteiger partial charge in [0, 0.05) is 20.3 Å². The van der Waals surface area contributed by atoms with Crippen LogP contribution in [-0.4, -0.2) is 44.8 Å². The summed E-state index contributed by atoms with van der Waals surface area (Å²) >= 11 is 0. The topological polar surface area (TPSA) is 42.4 Å². The van der Waals surface area contributed by atoms with E-state index in [1.165, 1.54) is 18.2 Å². The smallest absolute Gasteiger partial charge is 0.275 e. The molecule has 4 nitrogen and oxygen atoms in total. The van der Waals surface area contributed by atoms with Crippen LogP contribution in [0.2, 0.25) is 0 Å². The van der Waals surface area contributed by atoms with Gasteiger partial charge in [-0.2, -0.15) is 0 Å². The number of rotatable bonds is 2. The van der Waals surface area contributed by atoms with Crippen LogP contribution in [0.1, 0.15) is 10.5 Å². The molecule has 0 spiro atoms. The minimum absolute atomic E-state index is 0.207. The second-order valence-corrected chi connectivity index (χ2v) is 3.02. The minimum atomic E-state index is -0.207. The second-order valence-electron chi connectivity index (χ2n) is 3.02. The molecule has 0 unspecified atom stereocenters. The zero-order valence-electron chi connectivity index (χ0n) is 8.44. The lowest BCUT2D eigenvalue weighted by Gasteiger charge is -2.12. The Morgan fingerprint density at radius 3 is 2.71 bits per heavy atom.